The smallest absolute Gasteiger partial charge is 0.279 e. The number of aryl methyl sites for hydroxylation is 1. The zero-order valence-corrected chi connectivity index (χ0v) is 21.9. The van der Waals surface area contributed by atoms with Gasteiger partial charge in [-0.15, -0.1) is 10.2 Å². The number of fused-ring (bicyclic) bond motifs is 1. The van der Waals surface area contributed by atoms with Gasteiger partial charge in [0.05, 0.1) is 16.7 Å². The number of halogens is 1. The van der Waals surface area contributed by atoms with Gasteiger partial charge in [0.1, 0.15) is 4.88 Å². The number of aromatic nitrogens is 3. The number of carbonyl (C=O) groups is 2. The van der Waals surface area contributed by atoms with Crippen molar-refractivity contribution in [2.24, 2.45) is 4.99 Å². The number of nitrogens with zero attached hydrogens (tertiary/aromatic N) is 4. The molecule has 176 valence electrons. The Hall–Kier alpha value is -3.13. The number of thioether (sulfide) groups is 1. The molecule has 3 N–H and O–H groups in total. The average molecular weight is 588 g/mol. The first kappa shape index (κ1) is 23.6. The van der Waals surface area contributed by atoms with E-state index < -0.39 is 5.91 Å². The lowest BCUT2D eigenvalue weighted by Crippen LogP contribution is -2.22. The van der Waals surface area contributed by atoms with Crippen molar-refractivity contribution in [3.05, 3.63) is 68.0 Å². The van der Waals surface area contributed by atoms with Gasteiger partial charge in [0.25, 0.3) is 5.91 Å². The van der Waals surface area contributed by atoms with Gasteiger partial charge in [-0.2, -0.15) is 4.98 Å². The number of aromatic hydroxyl groups is 1. The number of rotatable bonds is 7. The van der Waals surface area contributed by atoms with Crippen molar-refractivity contribution in [1.82, 2.24) is 15.2 Å². The van der Waals surface area contributed by atoms with Gasteiger partial charge in [0, 0.05) is 15.4 Å². The topological polar surface area (TPSA) is 129 Å². The van der Waals surface area contributed by atoms with Crippen LogP contribution in [0.5, 0.6) is 5.88 Å². The fourth-order valence-electron chi connectivity index (χ4n) is 3.27. The SMILES string of the molecule is Cc1ccccc1NC(=O)CSc1nnc(Nc2nc(O)c(C3=c4cc(Br)ccc4=NC3=O)s2)s1. The van der Waals surface area contributed by atoms with E-state index in [1.807, 2.05) is 31.2 Å². The number of hydrogen-bond acceptors (Lipinski definition) is 10. The highest BCUT2D eigenvalue weighted by atomic mass is 79.9. The summed E-state index contributed by atoms with van der Waals surface area (Å²) < 4.78 is 1.40. The van der Waals surface area contributed by atoms with Crippen molar-refractivity contribution in [2.75, 3.05) is 16.4 Å². The van der Waals surface area contributed by atoms with Gasteiger partial charge in [0.2, 0.25) is 16.9 Å². The van der Waals surface area contributed by atoms with Crippen molar-refractivity contribution in [3.63, 3.8) is 0 Å². The predicted molar refractivity (Wildman–Crippen MR) is 140 cm³/mol. The molecule has 35 heavy (non-hydrogen) atoms. The van der Waals surface area contributed by atoms with E-state index in [1.54, 1.807) is 18.2 Å². The minimum absolute atomic E-state index is 0.140. The molecule has 0 unspecified atom stereocenters. The first-order valence-electron chi connectivity index (χ1n) is 10.1. The first-order chi connectivity index (χ1) is 16.9. The molecule has 1 aliphatic heterocycles. The maximum absolute atomic E-state index is 12.5. The third kappa shape index (κ3) is 5.12. The summed E-state index contributed by atoms with van der Waals surface area (Å²) >= 11 is 7.04. The normalized spacial score (nSPS) is 12.4. The summed E-state index contributed by atoms with van der Waals surface area (Å²) in [6.45, 7) is 1.93. The summed E-state index contributed by atoms with van der Waals surface area (Å²) in [7, 11) is 0. The maximum Gasteiger partial charge on any atom is 0.279 e. The Balaban J connectivity index is 1.27. The molecule has 0 spiro atoms. The first-order valence-corrected chi connectivity index (χ1v) is 13.5. The van der Waals surface area contributed by atoms with Gasteiger partial charge < -0.3 is 15.7 Å². The van der Waals surface area contributed by atoms with Gasteiger partial charge >= 0.3 is 0 Å². The molecule has 4 aromatic rings. The van der Waals surface area contributed by atoms with Crippen LogP contribution in [0.1, 0.15) is 10.4 Å². The number of anilines is 3. The molecule has 2 aromatic heterocycles. The molecule has 0 saturated heterocycles. The second-order valence-corrected chi connectivity index (χ2v) is 11.4. The lowest BCUT2D eigenvalue weighted by molar-refractivity contribution is -0.114. The zero-order chi connectivity index (χ0) is 24.5. The highest BCUT2D eigenvalue weighted by Crippen LogP contribution is 2.36. The minimum Gasteiger partial charge on any atom is -0.492 e. The van der Waals surface area contributed by atoms with E-state index >= 15 is 0 Å². The van der Waals surface area contributed by atoms with E-state index in [0.717, 1.165) is 27.1 Å². The van der Waals surface area contributed by atoms with Gasteiger partial charge in [-0.05, 0) is 36.8 Å². The van der Waals surface area contributed by atoms with Crippen LogP contribution in [-0.2, 0) is 9.59 Å². The molecule has 0 atom stereocenters. The van der Waals surface area contributed by atoms with Crippen LogP contribution in [0.25, 0.3) is 5.57 Å². The van der Waals surface area contributed by atoms with Crippen LogP contribution in [-0.4, -0.2) is 37.9 Å². The van der Waals surface area contributed by atoms with Crippen LogP contribution in [0.3, 0.4) is 0 Å². The summed E-state index contributed by atoms with van der Waals surface area (Å²) in [6, 6.07) is 12.9. The second-order valence-electron chi connectivity index (χ2n) is 7.28. The molecule has 0 radical (unpaired) electrons. The van der Waals surface area contributed by atoms with Crippen molar-refractivity contribution in [1.29, 1.82) is 0 Å². The molecule has 5 rings (SSSR count). The van der Waals surface area contributed by atoms with Crippen LogP contribution in [0.2, 0.25) is 0 Å². The number of thiazole rings is 1. The molecule has 9 nitrogen and oxygen atoms in total. The van der Waals surface area contributed by atoms with Crippen LogP contribution in [0.15, 0.2) is 56.3 Å². The Morgan fingerprint density at radius 3 is 2.80 bits per heavy atom. The number of para-hydroxylation sites is 1. The number of amides is 2. The lowest BCUT2D eigenvalue weighted by Gasteiger charge is -2.06. The quantitative estimate of drug-likeness (QED) is 0.280. The zero-order valence-electron chi connectivity index (χ0n) is 17.9. The van der Waals surface area contributed by atoms with E-state index in [-0.39, 0.29) is 17.5 Å². The van der Waals surface area contributed by atoms with E-state index in [9.17, 15) is 14.7 Å². The average Bonchev–Trinajstić information content (AvgIpc) is 3.50. The number of hydrogen-bond donors (Lipinski definition) is 3. The molecule has 1 aliphatic rings. The Morgan fingerprint density at radius 1 is 1.14 bits per heavy atom. The standard InChI is InChI=1S/C22H15BrN6O3S3/c1-10-4-2-3-5-13(10)24-15(30)9-33-22-29-28-21(35-22)27-20-26-19(32)17(34-20)16-12-8-11(23)6-7-14(12)25-18(16)31/h2-8,32H,9H2,1H3,(H,24,30)(H,26,27,28). The maximum atomic E-state index is 12.5. The molecule has 0 aliphatic carbocycles. The van der Waals surface area contributed by atoms with Crippen LogP contribution < -0.4 is 21.2 Å². The van der Waals surface area contributed by atoms with E-state index in [2.05, 4.69) is 46.7 Å². The predicted octanol–water partition coefficient (Wildman–Crippen LogP) is 3.60. The molecule has 2 aromatic carbocycles. The Morgan fingerprint density at radius 2 is 1.97 bits per heavy atom. The highest BCUT2D eigenvalue weighted by molar-refractivity contribution is 9.10. The van der Waals surface area contributed by atoms with E-state index in [4.69, 9.17) is 0 Å². The van der Waals surface area contributed by atoms with Gasteiger partial charge in [-0.3, -0.25) is 9.59 Å². The number of nitrogens with one attached hydrogen (secondary N) is 2. The van der Waals surface area contributed by atoms with Crippen molar-refractivity contribution in [3.8, 4) is 5.88 Å². The minimum atomic E-state index is -0.429. The highest BCUT2D eigenvalue weighted by Gasteiger charge is 2.25. The molecular formula is C22H15BrN6O3S3. The van der Waals surface area contributed by atoms with E-state index in [1.165, 1.54) is 23.1 Å². The summed E-state index contributed by atoms with van der Waals surface area (Å²) in [5, 5.41) is 26.5. The third-order valence-corrected chi connectivity index (χ3v) is 8.31. The van der Waals surface area contributed by atoms with Gasteiger partial charge in [-0.1, -0.05) is 68.6 Å². The van der Waals surface area contributed by atoms with E-state index in [0.29, 0.717) is 35.6 Å². The number of benzene rings is 2. The van der Waals surface area contributed by atoms with Crippen molar-refractivity contribution in [2.45, 2.75) is 11.3 Å². The monoisotopic (exact) mass is 586 g/mol. The van der Waals surface area contributed by atoms with Crippen LogP contribution in [0, 0.1) is 6.92 Å². The summed E-state index contributed by atoms with van der Waals surface area (Å²) in [5.74, 6) is -0.651. The fourth-order valence-corrected chi connectivity index (χ4v) is 6.16. The second kappa shape index (κ2) is 9.85. The molecule has 2 amide bonds. The van der Waals surface area contributed by atoms with Gasteiger partial charge in [0.15, 0.2) is 9.47 Å². The van der Waals surface area contributed by atoms with Crippen LogP contribution >= 0.6 is 50.4 Å². The Kier molecular flexibility index (Phi) is 6.65. The van der Waals surface area contributed by atoms with Crippen molar-refractivity contribution < 1.29 is 14.7 Å². The van der Waals surface area contributed by atoms with Crippen molar-refractivity contribution >= 4 is 83.7 Å². The third-order valence-electron chi connectivity index (χ3n) is 4.87. The summed E-state index contributed by atoms with van der Waals surface area (Å²) in [5.41, 5.74) is 2.07. The summed E-state index contributed by atoms with van der Waals surface area (Å²) in [6.07, 6.45) is 0. The van der Waals surface area contributed by atoms with Gasteiger partial charge in [-0.25, -0.2) is 4.99 Å². The Labute approximate surface area is 219 Å². The molecule has 13 heteroatoms. The lowest BCUT2D eigenvalue weighted by atomic mass is 10.1. The molecule has 3 heterocycles. The largest absolute Gasteiger partial charge is 0.492 e. The summed E-state index contributed by atoms with van der Waals surface area (Å²) in [4.78, 5) is 33.3. The molecular weight excluding hydrogens is 572 g/mol. The Bertz CT molecular complexity index is 1600. The molecule has 0 fully saturated rings. The molecule has 0 saturated carbocycles. The fraction of sp³-hybridized carbons (Fsp3) is 0.0909. The van der Waals surface area contributed by atoms with Crippen LogP contribution in [0.4, 0.5) is 16.0 Å². The molecule has 0 bridgehead atoms. The number of carbonyl (C=O) groups excluding carboxylic acids is 2.